The predicted molar refractivity (Wildman–Crippen MR) is 77.7 cm³/mol. The molecule has 10 heteroatoms. The van der Waals surface area contributed by atoms with Crippen molar-refractivity contribution in [3.05, 3.63) is 40.9 Å². The molecule has 0 unspecified atom stereocenters. The molecule has 0 fully saturated rings. The second kappa shape index (κ2) is 7.61. The predicted octanol–water partition coefficient (Wildman–Crippen LogP) is 0.0937. The Hall–Kier alpha value is -1.16. The minimum Gasteiger partial charge on any atom is -0.872 e. The van der Waals surface area contributed by atoms with Crippen LogP contribution in [0, 0.1) is 6.92 Å². The number of nitrogens with zero attached hydrogens (tertiary/aromatic N) is 2. The first kappa shape index (κ1) is 19.9. The number of phenols is 1. The van der Waals surface area contributed by atoms with E-state index < -0.39 is 15.0 Å². The normalized spacial score (nSPS) is 11.4. The maximum Gasteiger partial charge on any atom is 1.00 e. The van der Waals surface area contributed by atoms with Crippen LogP contribution >= 0.6 is 11.6 Å². The van der Waals surface area contributed by atoms with E-state index in [-0.39, 0.29) is 57.5 Å². The third-order valence-electron chi connectivity index (χ3n) is 2.74. The van der Waals surface area contributed by atoms with Gasteiger partial charge in [0.1, 0.15) is 16.3 Å². The van der Waals surface area contributed by atoms with Crippen molar-refractivity contribution < 1.29 is 52.7 Å². The summed E-state index contributed by atoms with van der Waals surface area (Å²) in [5, 5.41) is 28.0. The fourth-order valence-corrected chi connectivity index (χ4v) is 2.72. The molecule has 23 heavy (non-hydrogen) atoms. The molecule has 0 amide bonds. The van der Waals surface area contributed by atoms with E-state index >= 15 is 0 Å². The van der Waals surface area contributed by atoms with E-state index in [0.717, 1.165) is 12.1 Å². The molecule has 7 nitrogen and oxygen atoms in total. The topological polar surface area (TPSA) is 122 Å². The Morgan fingerprint density at radius 3 is 2.30 bits per heavy atom. The minimum atomic E-state index is -4.49. The summed E-state index contributed by atoms with van der Waals surface area (Å²) in [7, 11) is -4.49. The fourth-order valence-electron chi connectivity index (χ4n) is 1.64. The molecule has 0 aliphatic heterocycles. The molecular formula is C13H10ClN2NaO5S. The van der Waals surface area contributed by atoms with Crippen LogP contribution in [0.2, 0.25) is 5.02 Å². The van der Waals surface area contributed by atoms with Gasteiger partial charge >= 0.3 is 29.6 Å². The number of benzene rings is 2. The Morgan fingerprint density at radius 1 is 1.13 bits per heavy atom. The standard InChI is InChI=1S/C13H11ClN2O5S.Na/c1-7-4-9(14)13(22(19,20)21)6-11(7)16-15-10-3-2-8(17)5-12(10)18;/h2-6,17-18H,1H3,(H,19,20,21);/q;+1/p-1. The van der Waals surface area contributed by atoms with Crippen LogP contribution in [0.25, 0.3) is 0 Å². The maximum absolute atomic E-state index is 11.2. The molecule has 0 heterocycles. The summed E-state index contributed by atoms with van der Waals surface area (Å²) in [5.41, 5.74) is 0.700. The number of aromatic hydroxyl groups is 1. The SMILES string of the molecule is Cc1cc(Cl)c(S(=O)(=O)O)cc1N=Nc1ccc([O-])cc1O.[Na+]. The first-order valence-corrected chi connectivity index (χ1v) is 7.69. The Morgan fingerprint density at radius 2 is 1.74 bits per heavy atom. The van der Waals surface area contributed by atoms with Crippen molar-refractivity contribution in [2.75, 3.05) is 0 Å². The van der Waals surface area contributed by atoms with Crippen molar-refractivity contribution in [1.29, 1.82) is 0 Å². The van der Waals surface area contributed by atoms with Gasteiger partial charge in [0, 0.05) is 0 Å². The third-order valence-corrected chi connectivity index (χ3v) is 4.06. The van der Waals surface area contributed by atoms with E-state index in [0.29, 0.717) is 5.56 Å². The average molecular weight is 365 g/mol. The fraction of sp³-hybridized carbons (Fsp3) is 0.0769. The average Bonchev–Trinajstić information content (AvgIpc) is 2.38. The molecule has 0 saturated heterocycles. The number of hydrogen-bond acceptors (Lipinski definition) is 6. The van der Waals surface area contributed by atoms with Crippen LogP contribution in [-0.2, 0) is 10.1 Å². The molecule has 0 aliphatic rings. The second-order valence-electron chi connectivity index (χ2n) is 4.39. The number of phenolic OH excluding ortho intramolecular Hbond substituents is 1. The Bertz CT molecular complexity index is 871. The molecular weight excluding hydrogens is 355 g/mol. The molecule has 0 spiro atoms. The van der Waals surface area contributed by atoms with Crippen LogP contribution in [0.1, 0.15) is 5.56 Å². The second-order valence-corrected chi connectivity index (χ2v) is 6.19. The molecule has 2 aromatic rings. The number of rotatable bonds is 3. The van der Waals surface area contributed by atoms with Crippen LogP contribution in [0.5, 0.6) is 11.5 Å². The first-order chi connectivity index (χ1) is 10.2. The van der Waals surface area contributed by atoms with Gasteiger partial charge < -0.3 is 10.2 Å². The Balaban J connectivity index is 0.00000264. The smallest absolute Gasteiger partial charge is 0.872 e. The quantitative estimate of drug-likeness (QED) is 0.454. The van der Waals surface area contributed by atoms with Crippen LogP contribution in [0.15, 0.2) is 45.5 Å². The van der Waals surface area contributed by atoms with Crippen molar-refractivity contribution in [3.63, 3.8) is 0 Å². The largest absolute Gasteiger partial charge is 1.00 e. The van der Waals surface area contributed by atoms with Crippen LogP contribution in [0.3, 0.4) is 0 Å². The number of hydrogen-bond donors (Lipinski definition) is 2. The maximum atomic E-state index is 11.2. The zero-order chi connectivity index (χ0) is 16.5. The van der Waals surface area contributed by atoms with Gasteiger partial charge in [-0.25, -0.2) is 0 Å². The Kier molecular flexibility index (Phi) is 6.58. The van der Waals surface area contributed by atoms with Crippen molar-refractivity contribution in [1.82, 2.24) is 0 Å². The van der Waals surface area contributed by atoms with E-state index in [1.807, 2.05) is 0 Å². The van der Waals surface area contributed by atoms with Crippen LogP contribution < -0.4 is 34.7 Å². The number of halogens is 1. The van der Waals surface area contributed by atoms with Gasteiger partial charge in [-0.1, -0.05) is 17.7 Å². The Labute approximate surface area is 159 Å². The van der Waals surface area contributed by atoms with E-state index in [4.69, 9.17) is 16.2 Å². The van der Waals surface area contributed by atoms with Gasteiger partial charge in [0.15, 0.2) is 0 Å². The summed E-state index contributed by atoms with van der Waals surface area (Å²) in [4.78, 5) is -0.493. The van der Waals surface area contributed by atoms with Gasteiger partial charge in [0.05, 0.1) is 10.7 Å². The molecule has 0 radical (unpaired) electrons. The molecule has 2 aromatic carbocycles. The van der Waals surface area contributed by atoms with Gasteiger partial charge in [-0.15, -0.1) is 10.9 Å². The number of azo groups is 1. The van der Waals surface area contributed by atoms with E-state index in [9.17, 15) is 18.6 Å². The summed E-state index contributed by atoms with van der Waals surface area (Å²) in [6.45, 7) is 1.62. The van der Waals surface area contributed by atoms with Gasteiger partial charge in [-0.05, 0) is 36.8 Å². The summed E-state index contributed by atoms with van der Waals surface area (Å²) in [6, 6.07) is 5.84. The summed E-state index contributed by atoms with van der Waals surface area (Å²) >= 11 is 5.76. The van der Waals surface area contributed by atoms with Gasteiger partial charge in [0.2, 0.25) is 0 Å². The monoisotopic (exact) mass is 364 g/mol. The summed E-state index contributed by atoms with van der Waals surface area (Å²) in [6.07, 6.45) is 0. The molecule has 116 valence electrons. The van der Waals surface area contributed by atoms with Crippen molar-refractivity contribution in [2.24, 2.45) is 10.2 Å². The molecule has 0 saturated carbocycles. The van der Waals surface area contributed by atoms with Crippen molar-refractivity contribution in [3.8, 4) is 11.5 Å². The number of aryl methyl sites for hydroxylation is 1. The summed E-state index contributed by atoms with van der Waals surface area (Å²) < 4.78 is 31.5. The van der Waals surface area contributed by atoms with Crippen molar-refractivity contribution in [2.45, 2.75) is 11.8 Å². The molecule has 0 aromatic heterocycles. The first-order valence-electron chi connectivity index (χ1n) is 5.88. The minimum absolute atomic E-state index is 0. The van der Waals surface area contributed by atoms with Crippen LogP contribution in [0.4, 0.5) is 11.4 Å². The third kappa shape index (κ3) is 4.90. The van der Waals surface area contributed by atoms with Gasteiger partial charge in [-0.2, -0.15) is 13.5 Å². The molecule has 2 N–H and O–H groups in total. The summed E-state index contributed by atoms with van der Waals surface area (Å²) in [5.74, 6) is -0.731. The zero-order valence-corrected chi connectivity index (χ0v) is 15.8. The van der Waals surface area contributed by atoms with E-state index in [2.05, 4.69) is 10.2 Å². The van der Waals surface area contributed by atoms with Gasteiger partial charge in [-0.3, -0.25) is 4.55 Å². The van der Waals surface area contributed by atoms with E-state index in [1.165, 1.54) is 18.2 Å². The van der Waals surface area contributed by atoms with Crippen molar-refractivity contribution >= 4 is 33.1 Å². The molecule has 0 aliphatic carbocycles. The molecule has 2 rings (SSSR count). The van der Waals surface area contributed by atoms with Gasteiger partial charge in [0.25, 0.3) is 10.1 Å². The zero-order valence-electron chi connectivity index (χ0n) is 12.2. The van der Waals surface area contributed by atoms with E-state index in [1.54, 1.807) is 6.92 Å². The molecule has 0 bridgehead atoms. The molecule has 0 atom stereocenters. The van der Waals surface area contributed by atoms with Crippen LogP contribution in [-0.4, -0.2) is 18.1 Å².